The van der Waals surface area contributed by atoms with Crippen molar-refractivity contribution in [3.63, 3.8) is 0 Å². The van der Waals surface area contributed by atoms with Crippen LogP contribution in [0.1, 0.15) is 35.3 Å². The van der Waals surface area contributed by atoms with E-state index < -0.39 is 5.97 Å². The van der Waals surface area contributed by atoms with Crippen molar-refractivity contribution in [1.82, 2.24) is 14.9 Å². The summed E-state index contributed by atoms with van der Waals surface area (Å²) < 4.78 is 0. The molecule has 6 heteroatoms. The molecular weight excluding hydrogens is 328 g/mol. The topological polar surface area (TPSA) is 69.6 Å². The van der Waals surface area contributed by atoms with E-state index in [9.17, 15) is 4.79 Å². The fourth-order valence-corrected chi connectivity index (χ4v) is 4.35. The summed E-state index contributed by atoms with van der Waals surface area (Å²) >= 11 is 0. The zero-order chi connectivity index (χ0) is 18.0. The normalized spacial score (nSPS) is 23.5. The quantitative estimate of drug-likeness (QED) is 0.912. The second kappa shape index (κ2) is 7.03. The molecule has 0 bridgehead atoms. The van der Waals surface area contributed by atoms with Crippen molar-refractivity contribution in [2.75, 3.05) is 31.1 Å². The first-order valence-electron chi connectivity index (χ1n) is 9.20. The molecule has 1 N–H and O–H groups in total. The fraction of sp³-hybridized carbons (Fsp3) is 0.450. The van der Waals surface area contributed by atoms with Gasteiger partial charge >= 0.3 is 5.97 Å². The standard InChI is InChI=1S/C20H24N4O2/c25-19(26)17-11-22-18(12-21-17)24-10-8-20(15-24)7-4-9-23(14-20)13-16-5-2-1-3-6-16/h1-3,5-6,11-12H,4,7-10,13-15H2,(H,25,26). The Hall–Kier alpha value is -2.47. The summed E-state index contributed by atoms with van der Waals surface area (Å²) in [4.78, 5) is 24.1. The molecule has 1 unspecified atom stereocenters. The molecule has 2 aliphatic rings. The number of carboxylic acid groups (broad SMARTS) is 1. The third-order valence-corrected chi connectivity index (χ3v) is 5.61. The van der Waals surface area contributed by atoms with Gasteiger partial charge in [0.1, 0.15) is 5.82 Å². The van der Waals surface area contributed by atoms with E-state index in [-0.39, 0.29) is 5.69 Å². The van der Waals surface area contributed by atoms with Gasteiger partial charge < -0.3 is 10.0 Å². The monoisotopic (exact) mass is 352 g/mol. The summed E-state index contributed by atoms with van der Waals surface area (Å²) in [6, 6.07) is 10.7. The molecule has 0 saturated carbocycles. The van der Waals surface area contributed by atoms with Crippen molar-refractivity contribution in [2.45, 2.75) is 25.8 Å². The summed E-state index contributed by atoms with van der Waals surface area (Å²) in [6.45, 7) is 5.21. The Morgan fingerprint density at radius 3 is 2.65 bits per heavy atom. The van der Waals surface area contributed by atoms with Gasteiger partial charge in [-0.3, -0.25) is 4.90 Å². The average Bonchev–Trinajstić information content (AvgIpc) is 3.06. The Bertz CT molecular complexity index is 765. The second-order valence-electron chi connectivity index (χ2n) is 7.54. The van der Waals surface area contributed by atoms with Gasteiger partial charge in [-0.15, -0.1) is 0 Å². The lowest BCUT2D eigenvalue weighted by Crippen LogP contribution is -2.44. The Balaban J connectivity index is 1.42. The van der Waals surface area contributed by atoms with Gasteiger partial charge in [0.25, 0.3) is 0 Å². The number of aromatic nitrogens is 2. The number of rotatable bonds is 4. The maximum Gasteiger partial charge on any atom is 0.356 e. The highest BCUT2D eigenvalue weighted by atomic mass is 16.4. The summed E-state index contributed by atoms with van der Waals surface area (Å²) in [5, 5.41) is 8.97. The van der Waals surface area contributed by atoms with E-state index in [1.54, 1.807) is 6.20 Å². The summed E-state index contributed by atoms with van der Waals surface area (Å²) in [6.07, 6.45) is 6.57. The highest BCUT2D eigenvalue weighted by Crippen LogP contribution is 2.40. The van der Waals surface area contributed by atoms with Crippen LogP contribution in [0.25, 0.3) is 0 Å². The molecule has 0 radical (unpaired) electrons. The molecule has 0 aliphatic carbocycles. The van der Waals surface area contributed by atoms with Gasteiger partial charge in [-0.25, -0.2) is 14.8 Å². The minimum atomic E-state index is -1.04. The van der Waals surface area contributed by atoms with Crippen LogP contribution in [0, 0.1) is 5.41 Å². The first-order chi connectivity index (χ1) is 12.6. The molecule has 1 aromatic carbocycles. The molecule has 1 atom stereocenters. The van der Waals surface area contributed by atoms with Crippen molar-refractivity contribution >= 4 is 11.8 Å². The van der Waals surface area contributed by atoms with Gasteiger partial charge in [-0.1, -0.05) is 30.3 Å². The van der Waals surface area contributed by atoms with Crippen LogP contribution < -0.4 is 4.90 Å². The average molecular weight is 352 g/mol. The molecule has 2 saturated heterocycles. The first-order valence-corrected chi connectivity index (χ1v) is 9.20. The molecule has 26 heavy (non-hydrogen) atoms. The van der Waals surface area contributed by atoms with Gasteiger partial charge in [0.2, 0.25) is 0 Å². The summed E-state index contributed by atoms with van der Waals surface area (Å²) in [7, 11) is 0. The Kier molecular flexibility index (Phi) is 4.59. The van der Waals surface area contributed by atoms with Crippen LogP contribution in [0.2, 0.25) is 0 Å². The number of aromatic carboxylic acids is 1. The first kappa shape index (κ1) is 17.0. The number of carboxylic acids is 1. The maximum atomic E-state index is 10.9. The molecule has 2 aromatic rings. The smallest absolute Gasteiger partial charge is 0.356 e. The number of likely N-dealkylation sites (tertiary alicyclic amines) is 1. The molecule has 136 valence electrons. The molecule has 1 spiro atoms. The van der Waals surface area contributed by atoms with E-state index >= 15 is 0 Å². The molecular formula is C20H24N4O2. The third kappa shape index (κ3) is 3.55. The van der Waals surface area contributed by atoms with Gasteiger partial charge in [-0.05, 0) is 31.4 Å². The molecule has 0 amide bonds. The van der Waals surface area contributed by atoms with Gasteiger partial charge in [0, 0.05) is 31.6 Å². The molecule has 4 rings (SSSR count). The number of benzene rings is 1. The molecule has 2 aliphatic heterocycles. The molecule has 6 nitrogen and oxygen atoms in total. The highest BCUT2D eigenvalue weighted by Gasteiger charge is 2.41. The van der Waals surface area contributed by atoms with E-state index in [2.05, 4.69) is 50.1 Å². The Morgan fingerprint density at radius 1 is 1.08 bits per heavy atom. The molecule has 1 aromatic heterocycles. The lowest BCUT2D eigenvalue weighted by atomic mass is 9.79. The maximum absolute atomic E-state index is 10.9. The van der Waals surface area contributed by atoms with E-state index in [0.717, 1.165) is 45.0 Å². The Morgan fingerprint density at radius 2 is 1.92 bits per heavy atom. The van der Waals surface area contributed by atoms with Crippen LogP contribution in [0.5, 0.6) is 0 Å². The minimum absolute atomic E-state index is 0.00522. The van der Waals surface area contributed by atoms with E-state index in [4.69, 9.17) is 5.11 Å². The SMILES string of the molecule is O=C(O)c1cnc(N2CCC3(CCCN(Cc4ccccc4)C3)C2)cn1. The number of nitrogens with zero attached hydrogens (tertiary/aromatic N) is 4. The summed E-state index contributed by atoms with van der Waals surface area (Å²) in [5.41, 5.74) is 1.67. The van der Waals surface area contributed by atoms with Crippen molar-refractivity contribution in [1.29, 1.82) is 0 Å². The number of anilines is 1. The van der Waals surface area contributed by atoms with E-state index in [0.29, 0.717) is 5.41 Å². The van der Waals surface area contributed by atoms with Crippen LogP contribution in [-0.2, 0) is 6.54 Å². The number of hydrogen-bond acceptors (Lipinski definition) is 5. The second-order valence-corrected chi connectivity index (χ2v) is 7.54. The predicted molar refractivity (Wildman–Crippen MR) is 99.2 cm³/mol. The molecule has 2 fully saturated rings. The number of piperidine rings is 1. The highest BCUT2D eigenvalue weighted by molar-refractivity contribution is 5.84. The van der Waals surface area contributed by atoms with E-state index in [1.807, 2.05) is 0 Å². The van der Waals surface area contributed by atoms with Crippen LogP contribution in [0.3, 0.4) is 0 Å². The van der Waals surface area contributed by atoms with Crippen LogP contribution in [0.4, 0.5) is 5.82 Å². The summed E-state index contributed by atoms with van der Waals surface area (Å²) in [5.74, 6) is -0.252. The zero-order valence-corrected chi connectivity index (χ0v) is 14.8. The Labute approximate surface area is 153 Å². The number of hydrogen-bond donors (Lipinski definition) is 1. The largest absolute Gasteiger partial charge is 0.476 e. The van der Waals surface area contributed by atoms with Crippen LogP contribution in [-0.4, -0.2) is 52.1 Å². The van der Waals surface area contributed by atoms with Crippen molar-refractivity contribution in [3.05, 3.63) is 54.0 Å². The van der Waals surface area contributed by atoms with Crippen molar-refractivity contribution < 1.29 is 9.90 Å². The minimum Gasteiger partial charge on any atom is -0.476 e. The van der Waals surface area contributed by atoms with Gasteiger partial charge in [0.05, 0.1) is 12.4 Å². The van der Waals surface area contributed by atoms with Crippen molar-refractivity contribution in [3.8, 4) is 0 Å². The van der Waals surface area contributed by atoms with Crippen LogP contribution >= 0.6 is 0 Å². The zero-order valence-electron chi connectivity index (χ0n) is 14.8. The fourth-order valence-electron chi connectivity index (χ4n) is 4.35. The predicted octanol–water partition coefficient (Wildman–Crippen LogP) is 2.67. The van der Waals surface area contributed by atoms with E-state index in [1.165, 1.54) is 24.6 Å². The lowest BCUT2D eigenvalue weighted by molar-refractivity contribution is 0.0690. The number of carbonyl (C=O) groups is 1. The third-order valence-electron chi connectivity index (χ3n) is 5.61. The van der Waals surface area contributed by atoms with Gasteiger partial charge in [-0.2, -0.15) is 0 Å². The molecule has 3 heterocycles. The van der Waals surface area contributed by atoms with Crippen molar-refractivity contribution in [2.24, 2.45) is 5.41 Å². The lowest BCUT2D eigenvalue weighted by Gasteiger charge is -2.40. The van der Waals surface area contributed by atoms with Gasteiger partial charge in [0.15, 0.2) is 5.69 Å². The van der Waals surface area contributed by atoms with Crippen LogP contribution in [0.15, 0.2) is 42.7 Å².